The van der Waals surface area contributed by atoms with E-state index in [-0.39, 0.29) is 24.0 Å². The highest BCUT2D eigenvalue weighted by Gasteiger charge is 2.36. The molecule has 9 heteroatoms. The number of ether oxygens (including phenoxy) is 2. The molecule has 1 heterocycles. The third-order valence-electron chi connectivity index (χ3n) is 3.53. The van der Waals surface area contributed by atoms with E-state index in [1.807, 2.05) is 6.92 Å². The average Bonchev–Trinajstić information content (AvgIpc) is 2.92. The second kappa shape index (κ2) is 9.77. The van der Waals surface area contributed by atoms with Gasteiger partial charge >= 0.3 is 5.97 Å². The van der Waals surface area contributed by atoms with Crippen molar-refractivity contribution < 1.29 is 28.7 Å². The number of rotatable bonds is 8. The Balaban J connectivity index is 2.13. The molecular formula is C18H20N2O6S. The van der Waals surface area contributed by atoms with Crippen molar-refractivity contribution in [1.29, 1.82) is 0 Å². The van der Waals surface area contributed by atoms with E-state index in [2.05, 4.69) is 10.1 Å². The van der Waals surface area contributed by atoms with Crippen LogP contribution >= 0.6 is 11.8 Å². The van der Waals surface area contributed by atoms with E-state index in [0.717, 1.165) is 23.1 Å². The number of nitrogens with one attached hydrogen (secondary N) is 1. The number of hydrogen-bond donors (Lipinski definition) is 1. The lowest BCUT2D eigenvalue weighted by molar-refractivity contribution is -0.142. The predicted molar refractivity (Wildman–Crippen MR) is 99.9 cm³/mol. The van der Waals surface area contributed by atoms with E-state index in [9.17, 15) is 19.2 Å². The number of amides is 3. The van der Waals surface area contributed by atoms with Crippen LogP contribution < -0.4 is 10.1 Å². The van der Waals surface area contributed by atoms with Gasteiger partial charge in [-0.1, -0.05) is 25.1 Å². The first kappa shape index (κ1) is 20.5. The highest BCUT2D eigenvalue weighted by Crippen LogP contribution is 2.33. The van der Waals surface area contributed by atoms with Crippen LogP contribution in [0.4, 0.5) is 4.79 Å². The summed E-state index contributed by atoms with van der Waals surface area (Å²) < 4.78 is 9.92. The van der Waals surface area contributed by atoms with Crippen LogP contribution in [0.1, 0.15) is 18.9 Å². The molecule has 1 saturated heterocycles. The molecule has 1 aliphatic heterocycles. The van der Waals surface area contributed by atoms with Crippen LogP contribution in [0.25, 0.3) is 6.08 Å². The molecular weight excluding hydrogens is 372 g/mol. The van der Waals surface area contributed by atoms with E-state index in [0.29, 0.717) is 17.9 Å². The van der Waals surface area contributed by atoms with Gasteiger partial charge in [-0.2, -0.15) is 0 Å². The maximum absolute atomic E-state index is 12.5. The van der Waals surface area contributed by atoms with E-state index in [1.165, 1.54) is 13.2 Å². The van der Waals surface area contributed by atoms with Crippen molar-refractivity contribution in [2.45, 2.75) is 13.3 Å². The number of hydrogen-bond acceptors (Lipinski definition) is 7. The standard InChI is InChI=1S/C18H20N2O6S/c1-3-8-19-15(21)10-20-17(23)14(27-18(20)24)9-12-6-4-5-7-13(12)26-11-16(22)25-2/h4-7,9H,3,8,10-11H2,1-2H3,(H,19,21)/b14-9-. The summed E-state index contributed by atoms with van der Waals surface area (Å²) >= 11 is 0.751. The number of para-hydroxylation sites is 1. The van der Waals surface area contributed by atoms with Crippen LogP contribution in [-0.4, -0.2) is 54.7 Å². The van der Waals surface area contributed by atoms with Gasteiger partial charge in [0, 0.05) is 12.1 Å². The molecule has 27 heavy (non-hydrogen) atoms. The molecule has 0 radical (unpaired) electrons. The lowest BCUT2D eigenvalue weighted by atomic mass is 10.2. The maximum Gasteiger partial charge on any atom is 0.343 e. The van der Waals surface area contributed by atoms with Crippen molar-refractivity contribution in [1.82, 2.24) is 10.2 Å². The first-order chi connectivity index (χ1) is 13.0. The van der Waals surface area contributed by atoms with Gasteiger partial charge in [0.1, 0.15) is 12.3 Å². The molecule has 8 nitrogen and oxygen atoms in total. The monoisotopic (exact) mass is 392 g/mol. The molecule has 0 spiro atoms. The van der Waals surface area contributed by atoms with Gasteiger partial charge in [0.05, 0.1) is 12.0 Å². The lowest BCUT2D eigenvalue weighted by Crippen LogP contribution is -2.39. The molecule has 1 aromatic carbocycles. The van der Waals surface area contributed by atoms with Crippen LogP contribution in [0.5, 0.6) is 5.75 Å². The summed E-state index contributed by atoms with van der Waals surface area (Å²) in [6.07, 6.45) is 2.26. The van der Waals surface area contributed by atoms with Gasteiger partial charge in [0.15, 0.2) is 6.61 Å². The maximum atomic E-state index is 12.5. The third kappa shape index (κ3) is 5.58. The van der Waals surface area contributed by atoms with E-state index < -0.39 is 17.1 Å². The molecule has 0 aliphatic carbocycles. The summed E-state index contributed by atoms with van der Waals surface area (Å²) in [6, 6.07) is 6.78. The zero-order valence-corrected chi connectivity index (χ0v) is 15.8. The Labute approximate surface area is 160 Å². The molecule has 0 atom stereocenters. The smallest absolute Gasteiger partial charge is 0.343 e. The molecule has 1 N–H and O–H groups in total. The molecule has 1 aromatic rings. The Kier molecular flexibility index (Phi) is 7.42. The predicted octanol–water partition coefficient (Wildman–Crippen LogP) is 1.80. The normalized spacial score (nSPS) is 15.2. The zero-order chi connectivity index (χ0) is 19.8. The van der Waals surface area contributed by atoms with Crippen LogP contribution in [0.3, 0.4) is 0 Å². The molecule has 2 rings (SSSR count). The van der Waals surface area contributed by atoms with Crippen molar-refractivity contribution in [3.05, 3.63) is 34.7 Å². The Morgan fingerprint density at radius 2 is 2.00 bits per heavy atom. The number of carbonyl (C=O) groups is 4. The second-order valence-electron chi connectivity index (χ2n) is 5.52. The summed E-state index contributed by atoms with van der Waals surface area (Å²) in [5.74, 6) is -1.10. The van der Waals surface area contributed by atoms with Gasteiger partial charge in [-0.15, -0.1) is 0 Å². The molecule has 0 saturated carbocycles. The Bertz CT molecular complexity index is 777. The molecule has 0 aromatic heterocycles. The number of benzene rings is 1. The number of imide groups is 1. The minimum Gasteiger partial charge on any atom is -0.481 e. The second-order valence-corrected chi connectivity index (χ2v) is 6.51. The minimum absolute atomic E-state index is 0.178. The van der Waals surface area contributed by atoms with E-state index in [1.54, 1.807) is 24.3 Å². The van der Waals surface area contributed by atoms with Crippen LogP contribution in [0.2, 0.25) is 0 Å². The zero-order valence-electron chi connectivity index (χ0n) is 15.0. The minimum atomic E-state index is -0.542. The van der Waals surface area contributed by atoms with Crippen molar-refractivity contribution >= 4 is 40.9 Å². The number of carbonyl (C=O) groups excluding carboxylic acids is 4. The van der Waals surface area contributed by atoms with Crippen LogP contribution in [0.15, 0.2) is 29.2 Å². The first-order valence-corrected chi connectivity index (χ1v) is 9.08. The van der Waals surface area contributed by atoms with E-state index >= 15 is 0 Å². The molecule has 0 unspecified atom stereocenters. The van der Waals surface area contributed by atoms with Gasteiger partial charge in [-0.05, 0) is 30.3 Å². The average molecular weight is 392 g/mol. The van der Waals surface area contributed by atoms with Crippen molar-refractivity contribution in [3.8, 4) is 5.75 Å². The Morgan fingerprint density at radius 3 is 2.70 bits per heavy atom. The van der Waals surface area contributed by atoms with Crippen LogP contribution in [0, 0.1) is 0 Å². The summed E-state index contributed by atoms with van der Waals surface area (Å²) in [5, 5.41) is 2.12. The summed E-state index contributed by atoms with van der Waals surface area (Å²) in [7, 11) is 1.25. The molecule has 144 valence electrons. The van der Waals surface area contributed by atoms with Gasteiger partial charge in [0.2, 0.25) is 5.91 Å². The number of nitrogens with zero attached hydrogens (tertiary/aromatic N) is 1. The highest BCUT2D eigenvalue weighted by molar-refractivity contribution is 8.18. The third-order valence-corrected chi connectivity index (χ3v) is 4.43. The number of thioether (sulfide) groups is 1. The van der Waals surface area contributed by atoms with Gasteiger partial charge in [0.25, 0.3) is 11.1 Å². The molecule has 1 fully saturated rings. The van der Waals surface area contributed by atoms with Crippen molar-refractivity contribution in [3.63, 3.8) is 0 Å². The lowest BCUT2D eigenvalue weighted by Gasteiger charge is -2.12. The highest BCUT2D eigenvalue weighted by atomic mass is 32.2. The van der Waals surface area contributed by atoms with Gasteiger partial charge < -0.3 is 14.8 Å². The van der Waals surface area contributed by atoms with E-state index in [4.69, 9.17) is 4.74 Å². The van der Waals surface area contributed by atoms with Crippen molar-refractivity contribution in [2.75, 3.05) is 26.8 Å². The van der Waals surface area contributed by atoms with Crippen molar-refractivity contribution in [2.24, 2.45) is 0 Å². The van der Waals surface area contributed by atoms with Gasteiger partial charge in [-0.3, -0.25) is 19.3 Å². The number of methoxy groups -OCH3 is 1. The summed E-state index contributed by atoms with van der Waals surface area (Å²) in [5.41, 5.74) is 0.530. The fourth-order valence-corrected chi connectivity index (χ4v) is 3.00. The number of esters is 1. The molecule has 3 amide bonds. The van der Waals surface area contributed by atoms with Crippen LogP contribution in [-0.2, 0) is 19.1 Å². The Morgan fingerprint density at radius 1 is 1.26 bits per heavy atom. The molecule has 1 aliphatic rings. The fraction of sp³-hybridized carbons (Fsp3) is 0.333. The topological polar surface area (TPSA) is 102 Å². The SMILES string of the molecule is CCCNC(=O)CN1C(=O)S/C(=C\c2ccccc2OCC(=O)OC)C1=O. The Hall–Kier alpha value is -2.81. The quantitative estimate of drug-likeness (QED) is 0.532. The largest absolute Gasteiger partial charge is 0.481 e. The fourth-order valence-electron chi connectivity index (χ4n) is 2.17. The molecule has 0 bridgehead atoms. The summed E-state index contributed by atoms with van der Waals surface area (Å²) in [6.45, 7) is 1.79. The first-order valence-electron chi connectivity index (χ1n) is 8.27. The van der Waals surface area contributed by atoms with Gasteiger partial charge in [-0.25, -0.2) is 4.79 Å². The summed E-state index contributed by atoms with van der Waals surface area (Å²) in [4.78, 5) is 48.7.